The van der Waals surface area contributed by atoms with Crippen molar-refractivity contribution in [1.82, 2.24) is 0 Å². The molecule has 18 heavy (non-hydrogen) atoms. The van der Waals surface area contributed by atoms with Crippen LogP contribution < -0.4 is 0 Å². The summed E-state index contributed by atoms with van der Waals surface area (Å²) in [6.45, 7) is 9.83. The first-order chi connectivity index (χ1) is 8.51. The summed E-state index contributed by atoms with van der Waals surface area (Å²) < 4.78 is 7.63. The van der Waals surface area contributed by atoms with E-state index in [0.29, 0.717) is 12.3 Å². The van der Waals surface area contributed by atoms with Gasteiger partial charge in [0.2, 0.25) is 0 Å². The van der Waals surface area contributed by atoms with Gasteiger partial charge in [0.15, 0.2) is 0 Å². The summed E-state index contributed by atoms with van der Waals surface area (Å²) in [5, 5.41) is 9.92. The first kappa shape index (κ1) is 17.9. The predicted octanol–water partition coefficient (Wildman–Crippen LogP) is 4.25. The monoisotopic (exact) mass is 364 g/mol. The molecule has 1 N–H and O–H groups in total. The minimum atomic E-state index is -0.432. The van der Waals surface area contributed by atoms with E-state index < -0.39 is 6.10 Å². The molecule has 0 aromatic rings. The molecule has 0 aromatic heterocycles. The van der Waals surface area contributed by atoms with E-state index in [1.165, 1.54) is 5.57 Å². The van der Waals surface area contributed by atoms with E-state index in [2.05, 4.69) is 53.2 Å². The molecule has 0 rings (SSSR count). The molecule has 2 nitrogen and oxygen atoms in total. The highest BCUT2D eigenvalue weighted by Crippen LogP contribution is 2.24. The van der Waals surface area contributed by atoms with E-state index in [9.17, 15) is 5.11 Å². The van der Waals surface area contributed by atoms with E-state index in [1.54, 1.807) is 13.2 Å². The molecule has 0 saturated heterocycles. The smallest absolute Gasteiger partial charge is 0.0848 e. The van der Waals surface area contributed by atoms with E-state index in [1.807, 2.05) is 6.92 Å². The Labute approximate surface area is 125 Å². The number of rotatable bonds is 8. The van der Waals surface area contributed by atoms with E-state index >= 15 is 0 Å². The van der Waals surface area contributed by atoms with Crippen molar-refractivity contribution in [1.29, 1.82) is 0 Å². The lowest BCUT2D eigenvalue weighted by Gasteiger charge is -2.24. The lowest BCUT2D eigenvalue weighted by Crippen LogP contribution is -2.23. The van der Waals surface area contributed by atoms with Crippen molar-refractivity contribution in [3.8, 4) is 0 Å². The van der Waals surface area contributed by atoms with Crippen molar-refractivity contribution in [2.45, 2.75) is 45.8 Å². The summed E-state index contributed by atoms with van der Waals surface area (Å²) in [6.07, 6.45) is 5.10. The van der Waals surface area contributed by atoms with Gasteiger partial charge < -0.3 is 9.84 Å². The van der Waals surface area contributed by atoms with Crippen molar-refractivity contribution >= 4 is 22.6 Å². The molecule has 0 fully saturated rings. The molecule has 0 unspecified atom stereocenters. The molecule has 3 atom stereocenters. The van der Waals surface area contributed by atoms with Crippen molar-refractivity contribution in [3.63, 3.8) is 0 Å². The van der Waals surface area contributed by atoms with Crippen LogP contribution in [0.2, 0.25) is 0 Å². The number of hydrogen-bond donors (Lipinski definition) is 1. The maximum Gasteiger partial charge on any atom is 0.0848 e. The van der Waals surface area contributed by atoms with Crippen LogP contribution in [0, 0.1) is 5.92 Å². The fourth-order valence-corrected chi connectivity index (χ4v) is 2.33. The minimum absolute atomic E-state index is 0.0813. The Morgan fingerprint density at radius 3 is 2.39 bits per heavy atom. The van der Waals surface area contributed by atoms with Crippen LogP contribution >= 0.6 is 22.6 Å². The zero-order chi connectivity index (χ0) is 14.1. The Bertz CT molecular complexity index is 308. The lowest BCUT2D eigenvalue weighted by molar-refractivity contribution is 0.0951. The van der Waals surface area contributed by atoms with Gasteiger partial charge in [-0.15, -0.1) is 6.58 Å². The van der Waals surface area contributed by atoms with Gasteiger partial charge in [-0.05, 0) is 41.9 Å². The quantitative estimate of drug-likeness (QED) is 0.515. The third-order valence-corrected chi connectivity index (χ3v) is 4.11. The normalized spacial score (nSPS) is 18.3. The molecular formula is C15H25IO2. The average molecular weight is 364 g/mol. The zero-order valence-electron chi connectivity index (χ0n) is 11.8. The summed E-state index contributed by atoms with van der Waals surface area (Å²) in [5.74, 6) is 0.292. The number of halogens is 1. The van der Waals surface area contributed by atoms with E-state index in [-0.39, 0.29) is 6.10 Å². The maximum atomic E-state index is 9.92. The van der Waals surface area contributed by atoms with Crippen LogP contribution in [0.1, 0.15) is 33.6 Å². The highest BCUT2D eigenvalue weighted by molar-refractivity contribution is 14.1. The van der Waals surface area contributed by atoms with Crippen LogP contribution in [0.5, 0.6) is 0 Å². The lowest BCUT2D eigenvalue weighted by atomic mass is 9.91. The fourth-order valence-electron chi connectivity index (χ4n) is 1.97. The summed E-state index contributed by atoms with van der Waals surface area (Å²) in [5.41, 5.74) is 2.21. The van der Waals surface area contributed by atoms with Crippen LogP contribution in [0.4, 0.5) is 0 Å². The largest absolute Gasteiger partial charge is 0.388 e. The Morgan fingerprint density at radius 1 is 1.39 bits per heavy atom. The molecule has 0 spiro atoms. The molecule has 0 aromatic carbocycles. The zero-order valence-corrected chi connectivity index (χ0v) is 14.0. The highest BCUT2D eigenvalue weighted by atomic mass is 127. The van der Waals surface area contributed by atoms with Gasteiger partial charge in [-0.2, -0.15) is 0 Å². The number of aliphatic hydroxyl groups is 1. The number of aliphatic hydroxyl groups excluding tert-OH is 1. The predicted molar refractivity (Wildman–Crippen MR) is 86.9 cm³/mol. The standard InChI is InChI=1S/C15H25IO2/c1-6-8-14(17)11(3)9-13(7-2)15(18-5)12(4)10-16/h6,9-10,13-15,17H,1,7-8H2,2-5H3/b11-9+,12-10+/t13-,14-,15-/m0/s1. The van der Waals surface area contributed by atoms with Crippen molar-refractivity contribution < 1.29 is 9.84 Å². The summed E-state index contributed by atoms with van der Waals surface area (Å²) in [4.78, 5) is 0. The molecular weight excluding hydrogens is 339 g/mol. The van der Waals surface area contributed by atoms with Gasteiger partial charge >= 0.3 is 0 Å². The molecule has 0 amide bonds. The SMILES string of the molecule is C=CC[C@H](O)/C(C)=C/[C@H](CC)[C@@H](OC)/C(C)=C/I. The Morgan fingerprint density at radius 2 is 2.00 bits per heavy atom. The fraction of sp³-hybridized carbons (Fsp3) is 0.600. The second-order valence-electron chi connectivity index (χ2n) is 4.53. The van der Waals surface area contributed by atoms with Crippen LogP contribution in [0.15, 0.2) is 34.0 Å². The Balaban J connectivity index is 4.96. The highest BCUT2D eigenvalue weighted by Gasteiger charge is 2.20. The Hall–Kier alpha value is -0.130. The molecule has 0 bridgehead atoms. The minimum Gasteiger partial charge on any atom is -0.388 e. The van der Waals surface area contributed by atoms with Crippen molar-refractivity contribution in [2.24, 2.45) is 5.92 Å². The third kappa shape index (κ3) is 5.67. The Kier molecular flexibility index (Phi) is 9.68. The molecule has 0 heterocycles. The van der Waals surface area contributed by atoms with Crippen LogP contribution in [0.3, 0.4) is 0 Å². The van der Waals surface area contributed by atoms with Gasteiger partial charge in [-0.3, -0.25) is 0 Å². The van der Waals surface area contributed by atoms with Crippen molar-refractivity contribution in [2.75, 3.05) is 7.11 Å². The van der Waals surface area contributed by atoms with Crippen LogP contribution in [-0.4, -0.2) is 24.4 Å². The van der Waals surface area contributed by atoms with Gasteiger partial charge in [-0.1, -0.05) is 41.7 Å². The summed E-state index contributed by atoms with van der Waals surface area (Å²) in [7, 11) is 1.74. The molecule has 0 aliphatic heterocycles. The van der Waals surface area contributed by atoms with E-state index in [0.717, 1.165) is 12.0 Å². The van der Waals surface area contributed by atoms with Gasteiger partial charge in [0.1, 0.15) is 0 Å². The number of ether oxygens (including phenoxy) is 1. The molecule has 104 valence electrons. The van der Waals surface area contributed by atoms with Crippen LogP contribution in [0.25, 0.3) is 0 Å². The second-order valence-corrected chi connectivity index (χ2v) is 5.16. The van der Waals surface area contributed by atoms with Crippen LogP contribution in [-0.2, 0) is 4.74 Å². The second kappa shape index (κ2) is 9.75. The van der Waals surface area contributed by atoms with Gasteiger partial charge in [0, 0.05) is 13.0 Å². The van der Waals surface area contributed by atoms with Gasteiger partial charge in [-0.25, -0.2) is 0 Å². The van der Waals surface area contributed by atoms with E-state index in [4.69, 9.17) is 4.74 Å². The molecule has 3 heteroatoms. The molecule has 0 aliphatic rings. The number of hydrogen-bond acceptors (Lipinski definition) is 2. The topological polar surface area (TPSA) is 29.5 Å². The molecule has 0 aliphatic carbocycles. The molecule has 0 saturated carbocycles. The third-order valence-electron chi connectivity index (χ3n) is 3.13. The van der Waals surface area contributed by atoms with Crippen molar-refractivity contribution in [3.05, 3.63) is 34.0 Å². The first-order valence-electron chi connectivity index (χ1n) is 6.28. The maximum absolute atomic E-state index is 9.92. The summed E-state index contributed by atoms with van der Waals surface area (Å²) in [6, 6.07) is 0. The first-order valence-corrected chi connectivity index (χ1v) is 7.53. The molecule has 0 radical (unpaired) electrons. The average Bonchev–Trinajstić information content (AvgIpc) is 2.37. The number of methoxy groups -OCH3 is 1. The van der Waals surface area contributed by atoms with Gasteiger partial charge in [0.25, 0.3) is 0 Å². The summed E-state index contributed by atoms with van der Waals surface area (Å²) >= 11 is 2.24. The van der Waals surface area contributed by atoms with Gasteiger partial charge in [0.05, 0.1) is 12.2 Å².